The molecule has 26 heavy (non-hydrogen) atoms. The molecule has 0 aromatic heterocycles. The Kier molecular flexibility index (Phi) is 5.63. The molecule has 0 unspecified atom stereocenters. The molecule has 0 saturated heterocycles. The van der Waals surface area contributed by atoms with E-state index in [1.165, 1.54) is 0 Å². The van der Waals surface area contributed by atoms with Gasteiger partial charge in [-0.2, -0.15) is 0 Å². The third-order valence-electron chi connectivity index (χ3n) is 3.95. The quantitative estimate of drug-likeness (QED) is 0.814. The second kappa shape index (κ2) is 8.10. The number of nitrogens with one attached hydrogen (secondary N) is 2. The molecule has 0 bridgehead atoms. The van der Waals surface area contributed by atoms with Gasteiger partial charge in [-0.25, -0.2) is 0 Å². The van der Waals surface area contributed by atoms with E-state index in [1.807, 2.05) is 12.1 Å². The maximum atomic E-state index is 12.2. The molecule has 1 aliphatic heterocycles. The van der Waals surface area contributed by atoms with Crippen LogP contribution in [-0.4, -0.2) is 24.6 Å². The lowest BCUT2D eigenvalue weighted by atomic mass is 10.1. The van der Waals surface area contributed by atoms with Gasteiger partial charge in [0.05, 0.1) is 6.42 Å². The molecule has 2 amide bonds. The minimum atomic E-state index is -0.635. The monoisotopic (exact) mass is 374 g/mol. The first-order valence-electron chi connectivity index (χ1n) is 8.21. The van der Waals surface area contributed by atoms with E-state index >= 15 is 0 Å². The molecule has 0 fully saturated rings. The van der Waals surface area contributed by atoms with Crippen LogP contribution < -0.4 is 20.1 Å². The van der Waals surface area contributed by atoms with Crippen molar-refractivity contribution in [1.29, 1.82) is 0 Å². The van der Waals surface area contributed by atoms with E-state index in [2.05, 4.69) is 10.6 Å². The van der Waals surface area contributed by atoms with E-state index in [4.69, 9.17) is 21.1 Å². The van der Waals surface area contributed by atoms with Crippen molar-refractivity contribution in [2.45, 2.75) is 25.9 Å². The van der Waals surface area contributed by atoms with Crippen LogP contribution in [0, 0.1) is 0 Å². The van der Waals surface area contributed by atoms with Gasteiger partial charge < -0.3 is 20.1 Å². The summed E-state index contributed by atoms with van der Waals surface area (Å²) in [6.45, 7) is 2.20. The fraction of sp³-hybridized carbons (Fsp3) is 0.263. The van der Waals surface area contributed by atoms with Gasteiger partial charge in [0.1, 0.15) is 6.04 Å². The van der Waals surface area contributed by atoms with Crippen molar-refractivity contribution in [3.05, 3.63) is 58.6 Å². The lowest BCUT2D eigenvalue weighted by molar-refractivity contribution is -0.128. The van der Waals surface area contributed by atoms with E-state index in [9.17, 15) is 9.59 Å². The predicted molar refractivity (Wildman–Crippen MR) is 97.2 cm³/mol. The van der Waals surface area contributed by atoms with Crippen molar-refractivity contribution >= 4 is 23.4 Å². The van der Waals surface area contributed by atoms with Gasteiger partial charge >= 0.3 is 0 Å². The standard InChI is InChI=1S/C19H19ClN2O4/c1-12(22-18(23)9-13-2-5-15(20)6-3-13)19(24)21-10-14-4-7-16-17(8-14)26-11-25-16/h2-8,12H,9-11H2,1H3,(H,21,24)(H,22,23)/t12-/m1/s1. The Hall–Kier alpha value is -2.73. The molecule has 6 nitrogen and oxygen atoms in total. The van der Waals surface area contributed by atoms with Crippen LogP contribution in [0.1, 0.15) is 18.1 Å². The van der Waals surface area contributed by atoms with E-state index in [0.29, 0.717) is 23.1 Å². The second-order valence-electron chi connectivity index (χ2n) is 6.00. The summed E-state index contributed by atoms with van der Waals surface area (Å²) in [6.07, 6.45) is 0.191. The molecule has 2 aromatic rings. The maximum Gasteiger partial charge on any atom is 0.242 e. The summed E-state index contributed by atoms with van der Waals surface area (Å²) >= 11 is 5.82. The van der Waals surface area contributed by atoms with Crippen LogP contribution in [-0.2, 0) is 22.6 Å². The number of ether oxygens (including phenoxy) is 2. The number of amides is 2. The highest BCUT2D eigenvalue weighted by molar-refractivity contribution is 6.30. The lowest BCUT2D eigenvalue weighted by Crippen LogP contribution is -2.45. The van der Waals surface area contributed by atoms with Crippen LogP contribution in [0.3, 0.4) is 0 Å². The number of carbonyl (C=O) groups excluding carboxylic acids is 2. The lowest BCUT2D eigenvalue weighted by Gasteiger charge is -2.14. The highest BCUT2D eigenvalue weighted by Gasteiger charge is 2.17. The van der Waals surface area contributed by atoms with E-state index < -0.39 is 6.04 Å². The average molecular weight is 375 g/mol. The molecule has 2 N–H and O–H groups in total. The zero-order valence-corrected chi connectivity index (χ0v) is 15.0. The molecule has 3 rings (SSSR count). The summed E-state index contributed by atoms with van der Waals surface area (Å²) in [5.74, 6) is 0.883. The number of hydrogen-bond donors (Lipinski definition) is 2. The Morgan fingerprint density at radius 2 is 1.77 bits per heavy atom. The largest absolute Gasteiger partial charge is 0.454 e. The first-order chi connectivity index (χ1) is 12.5. The molecular weight excluding hydrogens is 356 g/mol. The Bertz CT molecular complexity index is 808. The topological polar surface area (TPSA) is 76.7 Å². The number of benzene rings is 2. The average Bonchev–Trinajstić information content (AvgIpc) is 3.09. The molecule has 136 valence electrons. The zero-order chi connectivity index (χ0) is 18.5. The Balaban J connectivity index is 1.46. The van der Waals surface area contributed by atoms with E-state index in [-0.39, 0.29) is 25.0 Å². The Morgan fingerprint density at radius 1 is 1.08 bits per heavy atom. The van der Waals surface area contributed by atoms with Crippen LogP contribution >= 0.6 is 11.6 Å². The SMILES string of the molecule is C[C@@H](NC(=O)Cc1ccc(Cl)cc1)C(=O)NCc1ccc2c(c1)OCO2. The molecule has 1 heterocycles. The summed E-state index contributed by atoms with van der Waals surface area (Å²) in [5.41, 5.74) is 1.72. The first kappa shape index (κ1) is 18.1. The molecule has 1 aliphatic rings. The van der Waals surface area contributed by atoms with Gasteiger partial charge in [0, 0.05) is 11.6 Å². The number of fused-ring (bicyclic) bond motifs is 1. The minimum absolute atomic E-state index is 0.191. The fourth-order valence-electron chi connectivity index (χ4n) is 2.54. The molecular formula is C19H19ClN2O4. The summed E-state index contributed by atoms with van der Waals surface area (Å²) in [4.78, 5) is 24.2. The summed E-state index contributed by atoms with van der Waals surface area (Å²) < 4.78 is 10.6. The van der Waals surface area contributed by atoms with Crippen molar-refractivity contribution < 1.29 is 19.1 Å². The summed E-state index contributed by atoms with van der Waals surface area (Å²) in [7, 11) is 0. The van der Waals surface area contributed by atoms with Crippen molar-refractivity contribution in [2.75, 3.05) is 6.79 Å². The first-order valence-corrected chi connectivity index (χ1v) is 8.59. The van der Waals surface area contributed by atoms with Gasteiger partial charge in [-0.15, -0.1) is 0 Å². The molecule has 2 aromatic carbocycles. The Morgan fingerprint density at radius 3 is 2.54 bits per heavy atom. The third kappa shape index (κ3) is 4.67. The van der Waals surface area contributed by atoms with Crippen LogP contribution in [0.15, 0.2) is 42.5 Å². The molecule has 0 saturated carbocycles. The number of halogens is 1. The van der Waals surface area contributed by atoms with Crippen molar-refractivity contribution in [2.24, 2.45) is 0 Å². The normalized spacial score (nSPS) is 13.2. The van der Waals surface area contributed by atoms with Gasteiger partial charge in [0.15, 0.2) is 11.5 Å². The fourth-order valence-corrected chi connectivity index (χ4v) is 2.66. The summed E-state index contributed by atoms with van der Waals surface area (Å²) in [6, 6.07) is 11.9. The van der Waals surface area contributed by atoms with Gasteiger partial charge in [0.2, 0.25) is 18.6 Å². The van der Waals surface area contributed by atoms with Crippen LogP contribution in [0.2, 0.25) is 5.02 Å². The summed E-state index contributed by atoms with van der Waals surface area (Å²) in [5, 5.41) is 6.11. The smallest absolute Gasteiger partial charge is 0.242 e. The number of hydrogen-bond acceptors (Lipinski definition) is 4. The molecule has 0 radical (unpaired) electrons. The van der Waals surface area contributed by atoms with E-state index in [0.717, 1.165) is 11.1 Å². The Labute approximate surface area is 156 Å². The highest BCUT2D eigenvalue weighted by atomic mass is 35.5. The van der Waals surface area contributed by atoms with Crippen molar-refractivity contribution in [3.63, 3.8) is 0 Å². The molecule has 0 aliphatic carbocycles. The van der Waals surface area contributed by atoms with Crippen molar-refractivity contribution in [3.8, 4) is 11.5 Å². The van der Waals surface area contributed by atoms with Crippen LogP contribution in [0.5, 0.6) is 11.5 Å². The van der Waals surface area contributed by atoms with Gasteiger partial charge in [-0.3, -0.25) is 9.59 Å². The van der Waals surface area contributed by atoms with Crippen molar-refractivity contribution in [1.82, 2.24) is 10.6 Å². The van der Waals surface area contributed by atoms with Gasteiger partial charge in [-0.1, -0.05) is 29.8 Å². The van der Waals surface area contributed by atoms with Gasteiger partial charge in [0.25, 0.3) is 0 Å². The minimum Gasteiger partial charge on any atom is -0.454 e. The molecule has 1 atom stereocenters. The molecule has 0 spiro atoms. The third-order valence-corrected chi connectivity index (χ3v) is 4.20. The number of rotatable bonds is 6. The van der Waals surface area contributed by atoms with Gasteiger partial charge in [-0.05, 0) is 42.3 Å². The highest BCUT2D eigenvalue weighted by Crippen LogP contribution is 2.32. The van der Waals surface area contributed by atoms with Crippen LogP contribution in [0.25, 0.3) is 0 Å². The van der Waals surface area contributed by atoms with Crippen LogP contribution in [0.4, 0.5) is 0 Å². The maximum absolute atomic E-state index is 12.2. The number of carbonyl (C=O) groups is 2. The second-order valence-corrected chi connectivity index (χ2v) is 6.43. The predicted octanol–water partition coefficient (Wildman–Crippen LogP) is 2.43. The zero-order valence-electron chi connectivity index (χ0n) is 14.3. The molecule has 7 heteroatoms. The van der Waals surface area contributed by atoms with E-state index in [1.54, 1.807) is 37.3 Å².